The summed E-state index contributed by atoms with van der Waals surface area (Å²) in [6.45, 7) is 0.870. The number of nitrogens with zero attached hydrogens (tertiary/aromatic N) is 1. The SMILES string of the molecule is COC(=O)CCCCCOc1ccc([N+](=O)[O-])c(Nc2cccc(OCc3ccccc3)c2)c1. The quantitative estimate of drug-likeness (QED) is 0.143. The zero-order valence-electron chi connectivity index (χ0n) is 19.1. The van der Waals surface area contributed by atoms with Crippen LogP contribution in [-0.4, -0.2) is 24.6 Å². The molecule has 8 heteroatoms. The summed E-state index contributed by atoms with van der Waals surface area (Å²) >= 11 is 0. The van der Waals surface area contributed by atoms with E-state index in [4.69, 9.17) is 9.47 Å². The first-order valence-electron chi connectivity index (χ1n) is 11.1. The van der Waals surface area contributed by atoms with E-state index in [0.717, 1.165) is 24.8 Å². The fourth-order valence-corrected chi connectivity index (χ4v) is 3.26. The van der Waals surface area contributed by atoms with E-state index in [1.54, 1.807) is 18.2 Å². The number of anilines is 2. The van der Waals surface area contributed by atoms with E-state index in [2.05, 4.69) is 10.1 Å². The molecule has 0 aliphatic carbocycles. The molecular weight excluding hydrogens is 436 g/mol. The van der Waals surface area contributed by atoms with Crippen molar-refractivity contribution in [2.45, 2.75) is 32.3 Å². The number of benzene rings is 3. The normalized spacial score (nSPS) is 10.4. The van der Waals surface area contributed by atoms with Gasteiger partial charge in [-0.3, -0.25) is 14.9 Å². The summed E-state index contributed by atoms with van der Waals surface area (Å²) in [5.41, 5.74) is 1.98. The summed E-state index contributed by atoms with van der Waals surface area (Å²) in [7, 11) is 1.37. The molecule has 0 spiro atoms. The molecule has 3 rings (SSSR count). The smallest absolute Gasteiger partial charge is 0.305 e. The number of nitro benzene ring substituents is 1. The van der Waals surface area contributed by atoms with Crippen LogP contribution in [0.5, 0.6) is 11.5 Å². The molecule has 0 radical (unpaired) electrons. The second-order valence-electron chi connectivity index (χ2n) is 7.60. The summed E-state index contributed by atoms with van der Waals surface area (Å²) in [6.07, 6.45) is 2.70. The highest BCUT2D eigenvalue weighted by Gasteiger charge is 2.15. The Labute approximate surface area is 198 Å². The van der Waals surface area contributed by atoms with E-state index >= 15 is 0 Å². The third-order valence-electron chi connectivity index (χ3n) is 5.05. The lowest BCUT2D eigenvalue weighted by Crippen LogP contribution is -2.02. The van der Waals surface area contributed by atoms with Crippen molar-refractivity contribution >= 4 is 23.0 Å². The van der Waals surface area contributed by atoms with Crippen LogP contribution < -0.4 is 14.8 Å². The average molecular weight is 465 g/mol. The van der Waals surface area contributed by atoms with Crippen LogP contribution in [0, 0.1) is 10.1 Å². The lowest BCUT2D eigenvalue weighted by molar-refractivity contribution is -0.383. The number of nitrogens with one attached hydrogen (secondary N) is 1. The maximum absolute atomic E-state index is 11.5. The Hall–Kier alpha value is -4.07. The molecule has 3 aromatic carbocycles. The van der Waals surface area contributed by atoms with Crippen LogP contribution in [0.2, 0.25) is 0 Å². The minimum atomic E-state index is -0.436. The second kappa shape index (κ2) is 12.8. The predicted octanol–water partition coefficient (Wildman–Crippen LogP) is 6.03. The topological polar surface area (TPSA) is 99.9 Å². The minimum Gasteiger partial charge on any atom is -0.494 e. The first kappa shape index (κ1) is 24.6. The molecule has 1 N–H and O–H groups in total. The molecule has 178 valence electrons. The van der Waals surface area contributed by atoms with Gasteiger partial charge in [0.05, 0.1) is 18.6 Å². The van der Waals surface area contributed by atoms with Crippen LogP contribution >= 0.6 is 0 Å². The first-order valence-corrected chi connectivity index (χ1v) is 11.1. The van der Waals surface area contributed by atoms with Crippen molar-refractivity contribution in [1.29, 1.82) is 0 Å². The molecule has 8 nitrogen and oxygen atoms in total. The molecule has 0 saturated heterocycles. The van der Waals surface area contributed by atoms with Gasteiger partial charge in [0.1, 0.15) is 23.8 Å². The highest BCUT2D eigenvalue weighted by atomic mass is 16.6. The number of unbranched alkanes of at least 4 members (excludes halogenated alkanes) is 2. The van der Waals surface area contributed by atoms with Gasteiger partial charge in [0.2, 0.25) is 0 Å². The number of esters is 1. The molecule has 0 atom stereocenters. The van der Waals surface area contributed by atoms with Gasteiger partial charge in [-0.25, -0.2) is 0 Å². The van der Waals surface area contributed by atoms with Crippen molar-refractivity contribution in [2.24, 2.45) is 0 Å². The van der Waals surface area contributed by atoms with Gasteiger partial charge in [0.15, 0.2) is 0 Å². The molecule has 0 heterocycles. The van der Waals surface area contributed by atoms with Crippen LogP contribution in [0.3, 0.4) is 0 Å². The maximum atomic E-state index is 11.5. The fourth-order valence-electron chi connectivity index (χ4n) is 3.26. The van der Waals surface area contributed by atoms with Gasteiger partial charge in [0.25, 0.3) is 5.69 Å². The molecule has 0 aliphatic heterocycles. The molecule has 0 aromatic heterocycles. The number of hydrogen-bond acceptors (Lipinski definition) is 7. The van der Waals surface area contributed by atoms with Crippen molar-refractivity contribution in [2.75, 3.05) is 19.0 Å². The van der Waals surface area contributed by atoms with E-state index in [1.807, 2.05) is 48.5 Å². The molecule has 0 amide bonds. The Balaban J connectivity index is 1.60. The van der Waals surface area contributed by atoms with Crippen LogP contribution in [0.25, 0.3) is 0 Å². The summed E-state index contributed by atoms with van der Waals surface area (Å²) in [5.74, 6) is 0.954. The van der Waals surface area contributed by atoms with E-state index in [9.17, 15) is 14.9 Å². The molecule has 3 aromatic rings. The molecule has 0 bridgehead atoms. The predicted molar refractivity (Wildman–Crippen MR) is 130 cm³/mol. The number of rotatable bonds is 13. The van der Waals surface area contributed by atoms with E-state index in [0.29, 0.717) is 42.5 Å². The van der Waals surface area contributed by atoms with Gasteiger partial charge in [-0.2, -0.15) is 0 Å². The highest BCUT2D eigenvalue weighted by Crippen LogP contribution is 2.32. The zero-order chi connectivity index (χ0) is 24.2. The fraction of sp³-hybridized carbons (Fsp3) is 0.269. The van der Waals surface area contributed by atoms with Gasteiger partial charge in [-0.15, -0.1) is 0 Å². The van der Waals surface area contributed by atoms with Crippen LogP contribution in [0.1, 0.15) is 31.2 Å². The zero-order valence-corrected chi connectivity index (χ0v) is 19.1. The van der Waals surface area contributed by atoms with Crippen molar-refractivity contribution in [3.05, 3.63) is 88.5 Å². The maximum Gasteiger partial charge on any atom is 0.305 e. The summed E-state index contributed by atoms with van der Waals surface area (Å²) < 4.78 is 16.2. The van der Waals surface area contributed by atoms with Gasteiger partial charge in [0, 0.05) is 30.3 Å². The van der Waals surface area contributed by atoms with E-state index in [-0.39, 0.29) is 11.7 Å². The Bertz CT molecular complexity index is 1090. The Kier molecular flexibility index (Phi) is 9.28. The van der Waals surface area contributed by atoms with Crippen LogP contribution in [0.15, 0.2) is 72.8 Å². The van der Waals surface area contributed by atoms with Gasteiger partial charge >= 0.3 is 5.97 Å². The molecule has 34 heavy (non-hydrogen) atoms. The van der Waals surface area contributed by atoms with Crippen molar-refractivity contribution in [1.82, 2.24) is 0 Å². The van der Waals surface area contributed by atoms with Crippen LogP contribution in [0.4, 0.5) is 17.1 Å². The van der Waals surface area contributed by atoms with E-state index < -0.39 is 4.92 Å². The molecule has 0 unspecified atom stereocenters. The van der Waals surface area contributed by atoms with Crippen LogP contribution in [-0.2, 0) is 16.1 Å². The Morgan fingerprint density at radius 1 is 0.912 bits per heavy atom. The number of ether oxygens (including phenoxy) is 3. The summed E-state index contributed by atoms with van der Waals surface area (Å²) in [4.78, 5) is 22.2. The van der Waals surface area contributed by atoms with Crippen molar-refractivity contribution < 1.29 is 23.9 Å². The molecule has 0 fully saturated rings. The Morgan fingerprint density at radius 2 is 1.71 bits per heavy atom. The molecule has 0 saturated carbocycles. The molecule has 0 aliphatic rings. The number of nitro groups is 1. The van der Waals surface area contributed by atoms with Gasteiger partial charge < -0.3 is 19.5 Å². The second-order valence-corrected chi connectivity index (χ2v) is 7.60. The third kappa shape index (κ3) is 7.81. The van der Waals surface area contributed by atoms with Crippen molar-refractivity contribution in [3.8, 4) is 11.5 Å². The lowest BCUT2D eigenvalue weighted by atomic mass is 10.2. The number of methoxy groups -OCH3 is 1. The number of carbonyl (C=O) groups excluding carboxylic acids is 1. The summed E-state index contributed by atoms with van der Waals surface area (Å²) in [6, 6.07) is 21.7. The Morgan fingerprint density at radius 3 is 2.47 bits per heavy atom. The van der Waals surface area contributed by atoms with E-state index in [1.165, 1.54) is 13.2 Å². The minimum absolute atomic E-state index is 0.0546. The number of hydrogen-bond donors (Lipinski definition) is 1. The first-order chi connectivity index (χ1) is 16.5. The summed E-state index contributed by atoms with van der Waals surface area (Å²) in [5, 5.41) is 14.6. The van der Waals surface area contributed by atoms with Gasteiger partial charge in [-0.1, -0.05) is 36.4 Å². The number of carbonyl (C=O) groups is 1. The highest BCUT2D eigenvalue weighted by molar-refractivity contribution is 5.71. The average Bonchev–Trinajstić information content (AvgIpc) is 2.85. The lowest BCUT2D eigenvalue weighted by Gasteiger charge is -2.12. The monoisotopic (exact) mass is 464 g/mol. The molecular formula is C26H28N2O6. The van der Waals surface area contributed by atoms with Gasteiger partial charge in [-0.05, 0) is 43.0 Å². The standard InChI is InChI=1S/C26H28N2O6/c1-32-26(29)13-6-3-7-16-33-23-14-15-25(28(30)31)24(18-23)27-21-11-8-12-22(17-21)34-19-20-9-4-2-5-10-20/h2,4-5,8-12,14-15,17-18,27H,3,6-7,13,16,19H2,1H3. The van der Waals surface area contributed by atoms with Crippen molar-refractivity contribution in [3.63, 3.8) is 0 Å². The third-order valence-corrected chi connectivity index (χ3v) is 5.05. The largest absolute Gasteiger partial charge is 0.494 e.